The topological polar surface area (TPSA) is 85.3 Å². The van der Waals surface area contributed by atoms with E-state index in [9.17, 15) is 15.0 Å². The van der Waals surface area contributed by atoms with Crippen LogP contribution < -0.4 is 5.32 Å². The van der Waals surface area contributed by atoms with Crippen molar-refractivity contribution in [3.05, 3.63) is 125 Å². The number of rotatable bonds is 8. The number of benzene rings is 4. The predicted octanol–water partition coefficient (Wildman–Crippen LogP) is 7.24. The fourth-order valence-electron chi connectivity index (χ4n) is 9.47. The quantitative estimate of drug-likeness (QED) is 0.133. The van der Waals surface area contributed by atoms with E-state index in [2.05, 4.69) is 78.9 Å². The molecule has 4 atom stereocenters. The van der Waals surface area contributed by atoms with Gasteiger partial charge in [0.1, 0.15) is 17.4 Å². The minimum atomic E-state index is -1.13. The summed E-state index contributed by atoms with van der Waals surface area (Å²) in [7, 11) is 2.32. The number of amides is 1. The van der Waals surface area contributed by atoms with Crippen molar-refractivity contribution in [1.82, 2.24) is 10.3 Å². The van der Waals surface area contributed by atoms with Crippen LogP contribution in [0.1, 0.15) is 64.5 Å². The number of para-hydroxylation sites is 1. The highest BCUT2D eigenvalue weighted by atomic mass is 16.3. The van der Waals surface area contributed by atoms with Gasteiger partial charge in [-0.25, -0.2) is 0 Å². The lowest BCUT2D eigenvalue weighted by Crippen LogP contribution is -2.76. The van der Waals surface area contributed by atoms with Crippen LogP contribution in [0.25, 0.3) is 22.0 Å². The minimum Gasteiger partial charge on any atom is -0.507 e. The molecule has 0 radical (unpaired) electrons. The summed E-state index contributed by atoms with van der Waals surface area (Å²) >= 11 is 0. The van der Waals surface area contributed by atoms with Gasteiger partial charge in [-0.15, -0.1) is 0 Å². The van der Waals surface area contributed by atoms with Gasteiger partial charge in [-0.3, -0.25) is 4.79 Å². The summed E-state index contributed by atoms with van der Waals surface area (Å²) in [4.78, 5) is 17.4. The summed E-state index contributed by atoms with van der Waals surface area (Å²) in [6.07, 6.45) is 5.04. The number of aromatic hydroxyl groups is 1. The molecule has 6 heteroatoms. The second kappa shape index (κ2) is 11.9. The van der Waals surface area contributed by atoms with Crippen LogP contribution in [0.5, 0.6) is 5.75 Å². The third-order valence-electron chi connectivity index (χ3n) is 12.6. The lowest BCUT2D eigenvalue weighted by Gasteiger charge is -2.62. The SMILES string of the molecule is Cc1ccc(C(=O)NCCc2ccc(-c3ccccc3)cc2)c(O)c1[C@]12CC[N+](C)(CC3CC3)C(C)C1(O)Cc1c([nH]c3ccccc13)C2. The Morgan fingerprint density at radius 2 is 1.65 bits per heavy atom. The van der Waals surface area contributed by atoms with Crippen LogP contribution in [0.15, 0.2) is 91.0 Å². The molecule has 1 saturated heterocycles. The van der Waals surface area contributed by atoms with Crippen LogP contribution in [0.3, 0.4) is 0 Å². The molecule has 1 amide bonds. The normalized spacial score (nSPS) is 26.2. The average Bonchev–Trinajstić information content (AvgIpc) is 3.85. The van der Waals surface area contributed by atoms with Crippen molar-refractivity contribution in [3.63, 3.8) is 0 Å². The molecule has 49 heavy (non-hydrogen) atoms. The fourth-order valence-corrected chi connectivity index (χ4v) is 9.47. The average molecular weight is 655 g/mol. The monoisotopic (exact) mass is 654 g/mol. The van der Waals surface area contributed by atoms with Crippen molar-refractivity contribution in [3.8, 4) is 16.9 Å². The number of aliphatic hydroxyl groups is 1. The maximum absolute atomic E-state index is 13.7. The van der Waals surface area contributed by atoms with Crippen molar-refractivity contribution >= 4 is 16.8 Å². The zero-order valence-corrected chi connectivity index (χ0v) is 28.9. The number of piperidine rings is 1. The van der Waals surface area contributed by atoms with E-state index in [-0.39, 0.29) is 23.3 Å². The van der Waals surface area contributed by atoms with Gasteiger partial charge in [-0.2, -0.15) is 0 Å². The van der Waals surface area contributed by atoms with Gasteiger partial charge in [0.05, 0.1) is 25.7 Å². The highest BCUT2D eigenvalue weighted by Crippen LogP contribution is 2.58. The maximum atomic E-state index is 13.7. The van der Waals surface area contributed by atoms with Crippen LogP contribution in [0.2, 0.25) is 0 Å². The number of quaternary nitrogens is 1. The van der Waals surface area contributed by atoms with E-state index in [0.717, 1.165) is 68.8 Å². The molecule has 1 aliphatic heterocycles. The summed E-state index contributed by atoms with van der Waals surface area (Å²) in [5.41, 5.74) is 6.90. The molecule has 3 unspecified atom stereocenters. The molecular weight excluding hydrogens is 606 g/mol. The molecule has 0 bridgehead atoms. The summed E-state index contributed by atoms with van der Waals surface area (Å²) in [6.45, 7) is 6.68. The summed E-state index contributed by atoms with van der Waals surface area (Å²) in [5, 5.41) is 29.8. The second-order valence-electron chi connectivity index (χ2n) is 15.5. The van der Waals surface area contributed by atoms with Gasteiger partial charge in [0.25, 0.3) is 5.91 Å². The minimum absolute atomic E-state index is 0.00759. The molecular formula is C43H48N3O3+. The number of phenolic OH excluding ortho intramolecular Hbond substituents is 1. The van der Waals surface area contributed by atoms with Crippen LogP contribution in [-0.4, -0.2) is 63.9 Å². The van der Waals surface area contributed by atoms with Gasteiger partial charge < -0.3 is 25.0 Å². The molecule has 4 aromatic carbocycles. The molecule has 6 nitrogen and oxygen atoms in total. The van der Waals surface area contributed by atoms with Gasteiger partial charge in [-0.1, -0.05) is 78.9 Å². The Morgan fingerprint density at radius 1 is 0.939 bits per heavy atom. The Morgan fingerprint density at radius 3 is 2.41 bits per heavy atom. The third kappa shape index (κ3) is 5.28. The van der Waals surface area contributed by atoms with Crippen molar-refractivity contribution in [2.24, 2.45) is 5.92 Å². The number of phenols is 1. The van der Waals surface area contributed by atoms with Crippen molar-refractivity contribution in [1.29, 1.82) is 0 Å². The standard InChI is InChI=1S/C43H47N3O3/c1-28-13-20-35(41(48)44-23-21-30-16-18-33(19-17-30)32-9-5-4-6-10-32)40(47)39(28)42-22-24-46(3,27-31-14-15-31)29(2)43(42,49)25-36-34-11-7-8-12-37(34)45-38(36)26-42/h4-13,16-20,29,31,45,49H,14-15,21-27H2,1-3H3,(H-,44,47,48)/p+1/t29?,42-,43?,46?/m1/s1. The highest BCUT2D eigenvalue weighted by molar-refractivity contribution is 5.97. The highest BCUT2D eigenvalue weighted by Gasteiger charge is 2.66. The van der Waals surface area contributed by atoms with E-state index >= 15 is 0 Å². The molecule has 2 fully saturated rings. The largest absolute Gasteiger partial charge is 0.507 e. The zero-order valence-electron chi connectivity index (χ0n) is 28.9. The van der Waals surface area contributed by atoms with E-state index < -0.39 is 11.0 Å². The van der Waals surface area contributed by atoms with E-state index in [0.29, 0.717) is 25.8 Å². The number of hydrogen-bond donors (Lipinski definition) is 4. The Labute approximate surface area is 289 Å². The van der Waals surface area contributed by atoms with Crippen LogP contribution in [0.4, 0.5) is 0 Å². The number of carbonyl (C=O) groups excluding carboxylic acids is 1. The first-order valence-corrected chi connectivity index (χ1v) is 18.0. The first-order chi connectivity index (χ1) is 23.6. The van der Waals surface area contributed by atoms with Crippen molar-refractivity contribution < 1.29 is 19.5 Å². The molecule has 3 aliphatic rings. The number of likely N-dealkylation sites (N-methyl/N-ethyl adjacent to an activating group) is 1. The van der Waals surface area contributed by atoms with E-state index in [1.54, 1.807) is 6.07 Å². The number of carbonyl (C=O) groups is 1. The number of fused-ring (bicyclic) bond motifs is 4. The first kappa shape index (κ1) is 31.9. The van der Waals surface area contributed by atoms with Crippen LogP contribution >= 0.6 is 0 Å². The number of nitrogens with zero attached hydrogens (tertiary/aromatic N) is 1. The molecule has 2 aliphatic carbocycles. The number of aryl methyl sites for hydroxylation is 1. The number of aromatic amines is 1. The molecule has 2 heterocycles. The molecule has 8 rings (SSSR count). The number of H-pyrrole nitrogens is 1. The Hall–Kier alpha value is -4.39. The Kier molecular flexibility index (Phi) is 7.73. The maximum Gasteiger partial charge on any atom is 0.255 e. The van der Waals surface area contributed by atoms with Gasteiger partial charge in [0.15, 0.2) is 0 Å². The van der Waals surface area contributed by atoms with E-state index in [1.165, 1.54) is 24.0 Å². The predicted molar refractivity (Wildman–Crippen MR) is 196 cm³/mol. The number of nitrogens with one attached hydrogen (secondary N) is 2. The van der Waals surface area contributed by atoms with E-state index in [4.69, 9.17) is 0 Å². The summed E-state index contributed by atoms with van der Waals surface area (Å²) < 4.78 is 0.826. The van der Waals surface area contributed by atoms with E-state index in [1.807, 2.05) is 37.3 Å². The first-order valence-electron chi connectivity index (χ1n) is 18.0. The van der Waals surface area contributed by atoms with Gasteiger partial charge >= 0.3 is 0 Å². The fraction of sp³-hybridized carbons (Fsp3) is 0.372. The smallest absolute Gasteiger partial charge is 0.255 e. The Balaban J connectivity index is 1.11. The second-order valence-corrected chi connectivity index (χ2v) is 15.5. The molecule has 4 N–H and O–H groups in total. The number of aromatic nitrogens is 1. The zero-order chi connectivity index (χ0) is 34.0. The third-order valence-corrected chi connectivity index (χ3v) is 12.6. The van der Waals surface area contributed by atoms with Crippen molar-refractivity contribution in [2.75, 3.05) is 26.7 Å². The van der Waals surface area contributed by atoms with Crippen LogP contribution in [-0.2, 0) is 24.7 Å². The number of hydrogen-bond acceptors (Lipinski definition) is 3. The van der Waals surface area contributed by atoms with Gasteiger partial charge in [-0.05, 0) is 73.1 Å². The van der Waals surface area contributed by atoms with Gasteiger partial charge in [0, 0.05) is 59.3 Å². The number of likely N-dealkylation sites (tertiary alicyclic amines) is 1. The molecule has 0 spiro atoms. The van der Waals surface area contributed by atoms with Crippen molar-refractivity contribution in [2.45, 2.75) is 69.4 Å². The lowest BCUT2D eigenvalue weighted by atomic mass is 9.52. The Bertz CT molecular complexity index is 2030. The van der Waals surface area contributed by atoms with Crippen LogP contribution in [0, 0.1) is 12.8 Å². The molecule has 1 aromatic heterocycles. The van der Waals surface area contributed by atoms with Gasteiger partial charge in [0.2, 0.25) is 0 Å². The molecule has 1 saturated carbocycles. The lowest BCUT2D eigenvalue weighted by molar-refractivity contribution is -0.948. The molecule has 252 valence electrons. The molecule has 5 aromatic rings. The summed E-state index contributed by atoms with van der Waals surface area (Å²) in [6, 6.07) is 30.8. The summed E-state index contributed by atoms with van der Waals surface area (Å²) in [5.74, 6) is 0.438.